The zero-order chi connectivity index (χ0) is 29.6. The van der Waals surface area contributed by atoms with Gasteiger partial charge in [-0.15, -0.1) is 0 Å². The Morgan fingerprint density at radius 2 is 1.90 bits per heavy atom. The summed E-state index contributed by atoms with van der Waals surface area (Å²) in [6.45, 7) is 1.70. The molecule has 0 spiro atoms. The van der Waals surface area contributed by atoms with Crippen LogP contribution in [0.3, 0.4) is 0 Å². The molecule has 8 nitrogen and oxygen atoms in total. The van der Waals surface area contributed by atoms with E-state index in [9.17, 15) is 9.90 Å². The topological polar surface area (TPSA) is 92.7 Å². The van der Waals surface area contributed by atoms with Crippen molar-refractivity contribution in [3.05, 3.63) is 53.6 Å². The summed E-state index contributed by atoms with van der Waals surface area (Å²) >= 11 is 6.16. The van der Waals surface area contributed by atoms with Crippen LogP contribution >= 0.6 is 11.6 Å². The van der Waals surface area contributed by atoms with Crippen molar-refractivity contribution >= 4 is 17.6 Å². The van der Waals surface area contributed by atoms with Crippen molar-refractivity contribution in [1.82, 2.24) is 0 Å². The average molecular weight is 607 g/mol. The molecule has 2 aliphatic heterocycles. The summed E-state index contributed by atoms with van der Waals surface area (Å²) in [5.41, 5.74) is 0. The van der Waals surface area contributed by atoms with Crippen LogP contribution in [0, 0.1) is 11.8 Å². The number of carbonyl (C=O) groups is 1. The minimum Gasteiger partial charge on any atom is -0.490 e. The van der Waals surface area contributed by atoms with Crippen LogP contribution in [0.1, 0.15) is 70.6 Å². The van der Waals surface area contributed by atoms with Gasteiger partial charge >= 0.3 is 5.97 Å². The lowest BCUT2D eigenvalue weighted by Gasteiger charge is -2.30. The molecular formula is C33H47ClO8. The summed E-state index contributed by atoms with van der Waals surface area (Å²) < 4.78 is 35.4. The van der Waals surface area contributed by atoms with Gasteiger partial charge < -0.3 is 33.5 Å². The second-order valence-corrected chi connectivity index (χ2v) is 11.8. The zero-order valence-electron chi connectivity index (χ0n) is 24.7. The van der Waals surface area contributed by atoms with Crippen molar-refractivity contribution in [1.29, 1.82) is 0 Å². The highest BCUT2D eigenvalue weighted by Crippen LogP contribution is 2.39. The number of esters is 1. The number of carbonyl (C=O) groups excluding carboxylic acids is 1. The molecule has 1 N–H and O–H groups in total. The van der Waals surface area contributed by atoms with Crippen LogP contribution in [-0.2, 0) is 28.5 Å². The maximum absolute atomic E-state index is 11.4. The minimum absolute atomic E-state index is 0.0212. The highest BCUT2D eigenvalue weighted by Gasteiger charge is 2.42. The maximum Gasteiger partial charge on any atom is 0.305 e. The number of benzene rings is 1. The van der Waals surface area contributed by atoms with Gasteiger partial charge in [-0.2, -0.15) is 0 Å². The average Bonchev–Trinajstić information content (AvgIpc) is 3.30. The molecule has 3 aliphatic rings. The molecule has 234 valence electrons. The quantitative estimate of drug-likeness (QED) is 0.140. The lowest BCUT2D eigenvalue weighted by molar-refractivity contribution is -0.193. The second-order valence-electron chi connectivity index (χ2n) is 11.3. The number of hydrogen-bond donors (Lipinski definition) is 1. The lowest BCUT2D eigenvalue weighted by atomic mass is 9.89. The van der Waals surface area contributed by atoms with Gasteiger partial charge in [0.05, 0.1) is 19.3 Å². The Morgan fingerprint density at radius 1 is 1.12 bits per heavy atom. The summed E-state index contributed by atoms with van der Waals surface area (Å²) in [4.78, 5) is 11.4. The molecule has 42 heavy (non-hydrogen) atoms. The molecule has 1 aliphatic carbocycles. The van der Waals surface area contributed by atoms with Crippen LogP contribution in [0.5, 0.6) is 5.75 Å². The molecule has 2 saturated heterocycles. The fourth-order valence-electron chi connectivity index (χ4n) is 5.82. The smallest absolute Gasteiger partial charge is 0.305 e. The number of hydrogen-bond acceptors (Lipinski definition) is 8. The molecule has 1 saturated carbocycles. The van der Waals surface area contributed by atoms with Crippen LogP contribution in [-0.4, -0.2) is 68.9 Å². The number of unbranched alkanes of at least 4 members (excludes halogenated alkanes) is 1. The number of allylic oxidation sites excluding steroid dienone is 2. The fraction of sp³-hybridized carbons (Fsp3) is 0.667. The van der Waals surface area contributed by atoms with E-state index in [1.165, 1.54) is 7.11 Å². The summed E-state index contributed by atoms with van der Waals surface area (Å²) in [5, 5.41) is 11.7. The van der Waals surface area contributed by atoms with Crippen molar-refractivity contribution in [2.45, 2.75) is 102 Å². The number of aliphatic hydroxyl groups is 1. The Balaban J connectivity index is 1.45. The third-order valence-electron chi connectivity index (χ3n) is 8.13. The molecular weight excluding hydrogens is 560 g/mol. The predicted molar refractivity (Wildman–Crippen MR) is 160 cm³/mol. The Bertz CT molecular complexity index is 988. The van der Waals surface area contributed by atoms with Crippen LogP contribution in [0.2, 0.25) is 5.02 Å². The third-order valence-corrected chi connectivity index (χ3v) is 8.37. The number of halogens is 1. The van der Waals surface area contributed by atoms with E-state index >= 15 is 0 Å². The first-order valence-corrected chi connectivity index (χ1v) is 15.9. The van der Waals surface area contributed by atoms with E-state index in [1.807, 2.05) is 24.3 Å². The molecule has 0 amide bonds. The summed E-state index contributed by atoms with van der Waals surface area (Å²) in [5.74, 6) is 0.428. The molecule has 3 fully saturated rings. The molecule has 2 unspecified atom stereocenters. The molecule has 9 heteroatoms. The third kappa shape index (κ3) is 11.0. The van der Waals surface area contributed by atoms with Gasteiger partial charge in [-0.3, -0.25) is 4.79 Å². The molecule has 1 aromatic carbocycles. The van der Waals surface area contributed by atoms with Crippen molar-refractivity contribution < 1.29 is 38.3 Å². The second kappa shape index (κ2) is 18.0. The van der Waals surface area contributed by atoms with E-state index in [0.717, 1.165) is 51.4 Å². The van der Waals surface area contributed by atoms with Gasteiger partial charge in [0.1, 0.15) is 18.5 Å². The van der Waals surface area contributed by atoms with Crippen molar-refractivity contribution in [2.24, 2.45) is 11.8 Å². The molecule has 1 aromatic rings. The van der Waals surface area contributed by atoms with E-state index in [4.69, 9.17) is 40.0 Å². The van der Waals surface area contributed by atoms with E-state index in [-0.39, 0.29) is 42.6 Å². The summed E-state index contributed by atoms with van der Waals surface area (Å²) in [7, 11) is 1.41. The Morgan fingerprint density at radius 3 is 2.62 bits per heavy atom. The fourth-order valence-corrected chi connectivity index (χ4v) is 6.00. The Kier molecular flexibility index (Phi) is 14.1. The molecule has 4 rings (SSSR count). The van der Waals surface area contributed by atoms with E-state index in [2.05, 4.69) is 18.2 Å². The van der Waals surface area contributed by atoms with Crippen LogP contribution in [0.4, 0.5) is 0 Å². The number of ether oxygens (including phenoxy) is 6. The molecule has 0 aromatic heterocycles. The Hall–Kier alpha value is -1.94. The van der Waals surface area contributed by atoms with Crippen molar-refractivity contribution in [2.75, 3.05) is 26.9 Å². The van der Waals surface area contributed by atoms with Gasteiger partial charge in [0.15, 0.2) is 12.6 Å². The summed E-state index contributed by atoms with van der Waals surface area (Å²) in [6, 6.07) is 7.33. The van der Waals surface area contributed by atoms with E-state index < -0.39 is 6.10 Å². The number of methoxy groups -OCH3 is 1. The van der Waals surface area contributed by atoms with Crippen LogP contribution in [0.15, 0.2) is 48.6 Å². The van der Waals surface area contributed by atoms with Crippen LogP contribution in [0.25, 0.3) is 0 Å². The van der Waals surface area contributed by atoms with Gasteiger partial charge in [0, 0.05) is 37.0 Å². The van der Waals surface area contributed by atoms with Gasteiger partial charge in [-0.25, -0.2) is 0 Å². The van der Waals surface area contributed by atoms with E-state index in [0.29, 0.717) is 49.9 Å². The number of rotatable bonds is 15. The molecule has 7 atom stereocenters. The largest absolute Gasteiger partial charge is 0.490 e. The monoisotopic (exact) mass is 606 g/mol. The first kappa shape index (κ1) is 33.0. The van der Waals surface area contributed by atoms with E-state index in [1.54, 1.807) is 6.07 Å². The summed E-state index contributed by atoms with van der Waals surface area (Å²) in [6.07, 6.45) is 15.9. The molecule has 0 radical (unpaired) electrons. The minimum atomic E-state index is -0.503. The van der Waals surface area contributed by atoms with Crippen molar-refractivity contribution in [3.63, 3.8) is 0 Å². The Labute approximate surface area is 255 Å². The maximum atomic E-state index is 11.4. The van der Waals surface area contributed by atoms with Gasteiger partial charge in [0.2, 0.25) is 0 Å². The van der Waals surface area contributed by atoms with Crippen LogP contribution < -0.4 is 4.74 Å². The first-order valence-electron chi connectivity index (χ1n) is 15.5. The van der Waals surface area contributed by atoms with Crippen molar-refractivity contribution in [3.8, 4) is 5.75 Å². The van der Waals surface area contributed by atoms with Gasteiger partial charge in [0.25, 0.3) is 0 Å². The highest BCUT2D eigenvalue weighted by molar-refractivity contribution is 6.30. The standard InChI is InChI=1S/C33H47ClO8/c1-37-31(36)14-5-3-2-4-13-27-28(30(22-29(27)35)42-33-16-7-9-20-39-33)18-17-26(41-32-15-6-8-19-38-32)23-40-25-12-10-11-24(34)21-25/h2,4,10-12,17-18,21,26-30,32-33,35H,3,5-9,13-16,19-20,22-23H2,1H3/b4-2-,18-17+/t26-,27-,28-,29+,30-,32?,33?/m1/s1. The zero-order valence-corrected chi connectivity index (χ0v) is 25.5. The SMILES string of the molecule is COC(=O)CCC/C=C\C[C@@H]1[C@@H](/C=C/[C@H](COc2cccc(Cl)c2)OC2CCCCO2)[C@H](OC2CCCCO2)C[C@@H]1O. The predicted octanol–water partition coefficient (Wildman–Crippen LogP) is 6.39. The number of aliphatic hydroxyl groups excluding tert-OH is 1. The van der Waals surface area contributed by atoms with Gasteiger partial charge in [-0.05, 0) is 81.9 Å². The highest BCUT2D eigenvalue weighted by atomic mass is 35.5. The molecule has 2 heterocycles. The first-order chi connectivity index (χ1) is 20.5. The van der Waals surface area contributed by atoms with Gasteiger partial charge in [-0.1, -0.05) is 42.0 Å². The normalized spacial score (nSPS) is 29.2. The lowest BCUT2D eigenvalue weighted by Crippen LogP contribution is -2.32. The molecule has 0 bridgehead atoms.